The Morgan fingerprint density at radius 3 is 2.95 bits per heavy atom. The molecule has 1 atom stereocenters. The van der Waals surface area contributed by atoms with Crippen molar-refractivity contribution in [3.05, 3.63) is 53.9 Å². The van der Waals surface area contributed by atoms with Crippen LogP contribution in [0.4, 0.5) is 5.95 Å². The van der Waals surface area contributed by atoms with Gasteiger partial charge in [0, 0.05) is 6.54 Å². The lowest BCUT2D eigenvalue weighted by molar-refractivity contribution is 0.270. The monoisotopic (exact) mass is 280 g/mol. The van der Waals surface area contributed by atoms with Crippen LogP contribution in [-0.4, -0.2) is 26.4 Å². The van der Waals surface area contributed by atoms with Crippen molar-refractivity contribution in [2.45, 2.75) is 19.1 Å². The number of nitrogens with one attached hydrogen (secondary N) is 1. The first-order valence-electron chi connectivity index (χ1n) is 7.14. The number of aromatic nitrogens is 3. The maximum absolute atomic E-state index is 9.25. The van der Waals surface area contributed by atoms with Crippen LogP contribution in [0.5, 0.6) is 0 Å². The molecule has 1 aliphatic heterocycles. The van der Waals surface area contributed by atoms with Crippen LogP contribution in [0.3, 0.4) is 0 Å². The highest BCUT2D eigenvalue weighted by molar-refractivity contribution is 5.86. The lowest BCUT2D eigenvalue weighted by Gasteiger charge is -2.25. The lowest BCUT2D eigenvalue weighted by atomic mass is 9.96. The fraction of sp³-hybridized carbons (Fsp3) is 0.250. The predicted octanol–water partition coefficient (Wildman–Crippen LogP) is 2.33. The van der Waals surface area contributed by atoms with Gasteiger partial charge < -0.3 is 10.4 Å². The van der Waals surface area contributed by atoms with Crippen LogP contribution in [0, 0.1) is 0 Å². The van der Waals surface area contributed by atoms with Gasteiger partial charge in [0.15, 0.2) is 5.82 Å². The fourth-order valence-corrected chi connectivity index (χ4v) is 3.04. The van der Waals surface area contributed by atoms with E-state index in [0.717, 1.165) is 18.9 Å². The minimum absolute atomic E-state index is 0.135. The Kier molecular flexibility index (Phi) is 2.86. The molecular formula is C16H16N4O. The van der Waals surface area contributed by atoms with E-state index in [1.165, 1.54) is 16.3 Å². The summed E-state index contributed by atoms with van der Waals surface area (Å²) in [6.07, 6.45) is 0.954. The molecule has 0 amide bonds. The van der Waals surface area contributed by atoms with Gasteiger partial charge in [-0.2, -0.15) is 10.1 Å². The molecular weight excluding hydrogens is 264 g/mol. The zero-order valence-electron chi connectivity index (χ0n) is 11.5. The van der Waals surface area contributed by atoms with Crippen molar-refractivity contribution in [3.63, 3.8) is 0 Å². The maximum atomic E-state index is 9.25. The van der Waals surface area contributed by atoms with E-state index in [-0.39, 0.29) is 12.6 Å². The molecule has 0 bridgehead atoms. The lowest BCUT2D eigenvalue weighted by Crippen LogP contribution is -2.24. The highest BCUT2D eigenvalue weighted by Crippen LogP contribution is 2.32. The van der Waals surface area contributed by atoms with Gasteiger partial charge in [-0.3, -0.25) is 0 Å². The van der Waals surface area contributed by atoms with Crippen molar-refractivity contribution in [2.24, 2.45) is 0 Å². The van der Waals surface area contributed by atoms with Crippen molar-refractivity contribution in [2.75, 3.05) is 11.9 Å². The highest BCUT2D eigenvalue weighted by Gasteiger charge is 2.25. The van der Waals surface area contributed by atoms with Crippen LogP contribution in [0.25, 0.3) is 10.8 Å². The van der Waals surface area contributed by atoms with E-state index in [9.17, 15) is 5.11 Å². The van der Waals surface area contributed by atoms with Gasteiger partial charge in [-0.25, -0.2) is 4.68 Å². The normalized spacial score (nSPS) is 17.5. The number of rotatable bonds is 2. The third-order valence-corrected chi connectivity index (χ3v) is 4.00. The first kappa shape index (κ1) is 12.3. The van der Waals surface area contributed by atoms with Gasteiger partial charge >= 0.3 is 0 Å². The van der Waals surface area contributed by atoms with Crippen molar-refractivity contribution >= 4 is 16.7 Å². The molecule has 3 aromatic rings. The number of anilines is 1. The van der Waals surface area contributed by atoms with Crippen molar-refractivity contribution in [1.29, 1.82) is 0 Å². The Morgan fingerprint density at radius 1 is 1.19 bits per heavy atom. The van der Waals surface area contributed by atoms with Crippen LogP contribution in [0.15, 0.2) is 42.5 Å². The molecule has 2 heterocycles. The molecule has 0 spiro atoms. The van der Waals surface area contributed by atoms with E-state index in [1.807, 2.05) is 4.68 Å². The molecule has 2 N–H and O–H groups in total. The summed E-state index contributed by atoms with van der Waals surface area (Å²) in [7, 11) is 0. The molecule has 1 unspecified atom stereocenters. The van der Waals surface area contributed by atoms with Crippen LogP contribution in [0.1, 0.15) is 23.9 Å². The van der Waals surface area contributed by atoms with Crippen molar-refractivity contribution < 1.29 is 5.11 Å². The van der Waals surface area contributed by atoms with E-state index in [4.69, 9.17) is 0 Å². The average Bonchev–Trinajstić information content (AvgIpc) is 2.97. The van der Waals surface area contributed by atoms with Gasteiger partial charge in [0.1, 0.15) is 6.61 Å². The van der Waals surface area contributed by atoms with Gasteiger partial charge in [-0.05, 0) is 22.8 Å². The largest absolute Gasteiger partial charge is 0.388 e. The maximum Gasteiger partial charge on any atom is 0.222 e. The Hall–Kier alpha value is -2.40. The zero-order valence-corrected chi connectivity index (χ0v) is 11.5. The topological polar surface area (TPSA) is 63.0 Å². The molecule has 106 valence electrons. The van der Waals surface area contributed by atoms with E-state index in [2.05, 4.69) is 57.9 Å². The summed E-state index contributed by atoms with van der Waals surface area (Å²) in [5.41, 5.74) is 1.25. The smallest absolute Gasteiger partial charge is 0.222 e. The Morgan fingerprint density at radius 2 is 2.05 bits per heavy atom. The summed E-state index contributed by atoms with van der Waals surface area (Å²) in [6, 6.07) is 14.9. The fourth-order valence-electron chi connectivity index (χ4n) is 3.04. The standard InChI is InChI=1S/C16H16N4O/c21-10-15-18-16-17-9-8-14(20(16)19-15)13-7-3-5-11-4-1-2-6-12(11)13/h1-7,14,21H,8-10H2,(H,17,18,19). The molecule has 21 heavy (non-hydrogen) atoms. The molecule has 0 saturated heterocycles. The second-order valence-corrected chi connectivity index (χ2v) is 5.25. The number of benzene rings is 2. The van der Waals surface area contributed by atoms with Crippen LogP contribution >= 0.6 is 0 Å². The molecule has 4 rings (SSSR count). The predicted molar refractivity (Wildman–Crippen MR) is 81.1 cm³/mol. The first-order valence-corrected chi connectivity index (χ1v) is 7.14. The molecule has 2 aromatic carbocycles. The Balaban J connectivity index is 1.89. The van der Waals surface area contributed by atoms with Gasteiger partial charge in [-0.1, -0.05) is 42.5 Å². The Bertz CT molecular complexity index is 791. The van der Waals surface area contributed by atoms with Gasteiger partial charge in [0.2, 0.25) is 5.95 Å². The molecule has 0 saturated carbocycles. The number of nitrogens with zero attached hydrogens (tertiary/aromatic N) is 3. The summed E-state index contributed by atoms with van der Waals surface area (Å²) >= 11 is 0. The van der Waals surface area contributed by atoms with Crippen molar-refractivity contribution in [1.82, 2.24) is 14.8 Å². The van der Waals surface area contributed by atoms with Gasteiger partial charge in [0.05, 0.1) is 6.04 Å². The average molecular weight is 280 g/mol. The number of aliphatic hydroxyl groups is 1. The quantitative estimate of drug-likeness (QED) is 0.756. The number of hydrogen-bond donors (Lipinski definition) is 2. The van der Waals surface area contributed by atoms with E-state index in [0.29, 0.717) is 5.82 Å². The molecule has 1 aliphatic rings. The molecule has 0 aliphatic carbocycles. The van der Waals surface area contributed by atoms with E-state index < -0.39 is 0 Å². The van der Waals surface area contributed by atoms with Crippen LogP contribution in [-0.2, 0) is 6.61 Å². The van der Waals surface area contributed by atoms with E-state index >= 15 is 0 Å². The molecule has 0 radical (unpaired) electrons. The summed E-state index contributed by atoms with van der Waals surface area (Å²) in [6.45, 7) is 0.724. The molecule has 5 nitrogen and oxygen atoms in total. The van der Waals surface area contributed by atoms with Crippen LogP contribution < -0.4 is 5.32 Å². The minimum Gasteiger partial charge on any atom is -0.388 e. The van der Waals surface area contributed by atoms with Gasteiger partial charge in [-0.15, -0.1) is 0 Å². The Labute approximate surface area is 122 Å². The summed E-state index contributed by atoms with van der Waals surface area (Å²) in [5, 5.41) is 19.4. The highest BCUT2D eigenvalue weighted by atomic mass is 16.3. The summed E-state index contributed by atoms with van der Waals surface area (Å²) in [5.74, 6) is 1.20. The van der Waals surface area contributed by atoms with Crippen LogP contribution in [0.2, 0.25) is 0 Å². The molecule has 1 aromatic heterocycles. The van der Waals surface area contributed by atoms with Crippen molar-refractivity contribution in [3.8, 4) is 0 Å². The third-order valence-electron chi connectivity index (χ3n) is 4.00. The third kappa shape index (κ3) is 1.97. The SMILES string of the molecule is OCc1nc2n(n1)C(c1cccc3ccccc13)CCN2. The second-order valence-electron chi connectivity index (χ2n) is 5.25. The number of aliphatic hydroxyl groups excluding tert-OH is 1. The second kappa shape index (κ2) is 4.86. The molecule has 0 fully saturated rings. The van der Waals surface area contributed by atoms with Gasteiger partial charge in [0.25, 0.3) is 0 Å². The minimum atomic E-state index is -0.135. The van der Waals surface area contributed by atoms with E-state index in [1.54, 1.807) is 0 Å². The zero-order chi connectivity index (χ0) is 14.2. The number of hydrogen-bond acceptors (Lipinski definition) is 4. The summed E-state index contributed by atoms with van der Waals surface area (Å²) in [4.78, 5) is 4.32. The first-order chi connectivity index (χ1) is 10.4. The molecule has 5 heteroatoms. The number of fused-ring (bicyclic) bond motifs is 2. The summed E-state index contributed by atoms with van der Waals surface area (Å²) < 4.78 is 1.90.